The highest BCUT2D eigenvalue weighted by atomic mass is 16.5. The van der Waals surface area contributed by atoms with Gasteiger partial charge in [-0.05, 0) is 12.1 Å². The fourth-order valence-electron chi connectivity index (χ4n) is 1.52. The number of ether oxygens (including phenoxy) is 2. The summed E-state index contributed by atoms with van der Waals surface area (Å²) < 4.78 is 10.4. The number of methoxy groups -OCH3 is 1. The molecule has 2 amide bonds. The zero-order chi connectivity index (χ0) is 15.5. The van der Waals surface area contributed by atoms with Gasteiger partial charge in [-0.1, -0.05) is 6.07 Å². The number of rotatable bonds is 9. The average Bonchev–Trinajstić information content (AvgIpc) is 2.43. The monoisotopic (exact) mass is 296 g/mol. The van der Waals surface area contributed by atoms with Gasteiger partial charge in [0, 0.05) is 38.4 Å². The van der Waals surface area contributed by atoms with Gasteiger partial charge in [-0.2, -0.15) is 0 Å². The molecule has 0 radical (unpaired) electrons. The van der Waals surface area contributed by atoms with E-state index in [2.05, 4.69) is 10.6 Å². The van der Waals surface area contributed by atoms with E-state index < -0.39 is 12.0 Å². The summed E-state index contributed by atoms with van der Waals surface area (Å²) in [6, 6.07) is 6.52. The fourth-order valence-corrected chi connectivity index (χ4v) is 1.52. The Hall–Kier alpha value is -2.28. The number of carboxylic acid groups (broad SMARTS) is 1. The van der Waals surface area contributed by atoms with Crippen LogP contribution in [0.5, 0.6) is 5.75 Å². The minimum Gasteiger partial charge on any atom is -0.493 e. The molecule has 0 saturated carbocycles. The molecule has 7 heteroatoms. The molecule has 0 unspecified atom stereocenters. The molecule has 0 heterocycles. The van der Waals surface area contributed by atoms with Crippen LogP contribution < -0.4 is 15.4 Å². The summed E-state index contributed by atoms with van der Waals surface area (Å²) in [5.74, 6) is -0.309. The standard InChI is InChI=1S/C14H20N2O5/c1-20-8-3-9-21-12-5-2-4-11(10-12)16-14(19)15-7-6-13(17)18/h2,4-5,10H,3,6-9H2,1H3,(H,17,18)(H2,15,16,19). The predicted octanol–water partition coefficient (Wildman–Crippen LogP) is 1.70. The van der Waals surface area contributed by atoms with Crippen molar-refractivity contribution in [3.63, 3.8) is 0 Å². The molecule has 1 aromatic carbocycles. The van der Waals surface area contributed by atoms with Gasteiger partial charge in [0.15, 0.2) is 0 Å². The second-order valence-electron chi connectivity index (χ2n) is 4.25. The summed E-state index contributed by atoms with van der Waals surface area (Å²) in [6.45, 7) is 1.24. The quantitative estimate of drug-likeness (QED) is 0.603. The Labute approximate surface area is 123 Å². The number of benzene rings is 1. The van der Waals surface area contributed by atoms with Crippen molar-refractivity contribution in [2.75, 3.05) is 32.2 Å². The van der Waals surface area contributed by atoms with Crippen LogP contribution in [0.15, 0.2) is 24.3 Å². The van der Waals surface area contributed by atoms with Crippen molar-refractivity contribution in [3.8, 4) is 5.75 Å². The summed E-state index contributed by atoms with van der Waals surface area (Å²) in [7, 11) is 1.63. The molecule has 0 aromatic heterocycles. The summed E-state index contributed by atoms with van der Waals surface area (Å²) in [6.07, 6.45) is 0.667. The molecule has 0 saturated heterocycles. The number of nitrogens with one attached hydrogen (secondary N) is 2. The van der Waals surface area contributed by atoms with Crippen molar-refractivity contribution in [1.82, 2.24) is 5.32 Å². The summed E-state index contributed by atoms with van der Waals surface area (Å²) in [5, 5.41) is 13.5. The Bertz CT molecular complexity index is 464. The number of carbonyl (C=O) groups excluding carboxylic acids is 1. The molecular formula is C14H20N2O5. The number of amides is 2. The van der Waals surface area contributed by atoms with Crippen molar-refractivity contribution < 1.29 is 24.2 Å². The van der Waals surface area contributed by atoms with E-state index >= 15 is 0 Å². The maximum Gasteiger partial charge on any atom is 0.319 e. The van der Waals surface area contributed by atoms with Crippen LogP contribution in [0.25, 0.3) is 0 Å². The Kier molecular flexibility index (Phi) is 7.67. The summed E-state index contributed by atoms with van der Waals surface area (Å²) in [4.78, 5) is 21.9. The Morgan fingerprint density at radius 3 is 2.81 bits per heavy atom. The van der Waals surface area contributed by atoms with Gasteiger partial charge < -0.3 is 25.2 Å². The average molecular weight is 296 g/mol. The molecule has 21 heavy (non-hydrogen) atoms. The first kappa shape index (κ1) is 16.8. The summed E-state index contributed by atoms with van der Waals surface area (Å²) >= 11 is 0. The number of anilines is 1. The van der Waals surface area contributed by atoms with E-state index in [1.807, 2.05) is 0 Å². The fraction of sp³-hybridized carbons (Fsp3) is 0.429. The summed E-state index contributed by atoms with van der Waals surface area (Å²) in [5.41, 5.74) is 0.576. The number of hydrogen-bond donors (Lipinski definition) is 3. The highest BCUT2D eigenvalue weighted by molar-refractivity contribution is 5.89. The lowest BCUT2D eigenvalue weighted by Crippen LogP contribution is -2.30. The highest BCUT2D eigenvalue weighted by Crippen LogP contribution is 2.17. The van der Waals surface area contributed by atoms with Gasteiger partial charge >= 0.3 is 12.0 Å². The van der Waals surface area contributed by atoms with E-state index in [1.165, 1.54) is 0 Å². The molecule has 1 rings (SSSR count). The van der Waals surface area contributed by atoms with Crippen LogP contribution in [0.2, 0.25) is 0 Å². The predicted molar refractivity (Wildman–Crippen MR) is 77.7 cm³/mol. The number of hydrogen-bond acceptors (Lipinski definition) is 4. The largest absolute Gasteiger partial charge is 0.493 e. The first-order chi connectivity index (χ1) is 10.1. The smallest absolute Gasteiger partial charge is 0.319 e. The molecule has 1 aromatic rings. The maximum absolute atomic E-state index is 11.5. The molecule has 0 fully saturated rings. The van der Waals surface area contributed by atoms with Crippen molar-refractivity contribution in [1.29, 1.82) is 0 Å². The lowest BCUT2D eigenvalue weighted by Gasteiger charge is -2.09. The van der Waals surface area contributed by atoms with Gasteiger partial charge in [0.1, 0.15) is 5.75 Å². The number of carbonyl (C=O) groups is 2. The zero-order valence-corrected chi connectivity index (χ0v) is 11.9. The highest BCUT2D eigenvalue weighted by Gasteiger charge is 2.04. The van der Waals surface area contributed by atoms with Gasteiger partial charge in [0.25, 0.3) is 0 Å². The van der Waals surface area contributed by atoms with Crippen molar-refractivity contribution >= 4 is 17.7 Å². The minimum absolute atomic E-state index is 0.0778. The Balaban J connectivity index is 2.37. The zero-order valence-electron chi connectivity index (χ0n) is 11.9. The van der Waals surface area contributed by atoms with Crippen LogP contribution in [0.1, 0.15) is 12.8 Å². The van der Waals surface area contributed by atoms with Crippen LogP contribution in [0, 0.1) is 0 Å². The van der Waals surface area contributed by atoms with Gasteiger partial charge in [-0.25, -0.2) is 4.79 Å². The maximum atomic E-state index is 11.5. The first-order valence-electron chi connectivity index (χ1n) is 6.60. The lowest BCUT2D eigenvalue weighted by atomic mass is 10.3. The molecule has 3 N–H and O–H groups in total. The van der Waals surface area contributed by atoms with E-state index in [1.54, 1.807) is 31.4 Å². The Morgan fingerprint density at radius 2 is 2.10 bits per heavy atom. The number of carboxylic acids is 1. The second kappa shape index (κ2) is 9.60. The molecule has 0 atom stereocenters. The third kappa shape index (κ3) is 7.78. The third-order valence-electron chi connectivity index (χ3n) is 2.48. The van der Waals surface area contributed by atoms with Crippen LogP contribution >= 0.6 is 0 Å². The van der Waals surface area contributed by atoms with Gasteiger partial charge in [-0.15, -0.1) is 0 Å². The van der Waals surface area contributed by atoms with Crippen molar-refractivity contribution in [2.24, 2.45) is 0 Å². The molecule has 7 nitrogen and oxygen atoms in total. The molecular weight excluding hydrogens is 276 g/mol. The first-order valence-corrected chi connectivity index (χ1v) is 6.60. The number of urea groups is 1. The topological polar surface area (TPSA) is 96.9 Å². The van der Waals surface area contributed by atoms with Crippen LogP contribution in [0.4, 0.5) is 10.5 Å². The van der Waals surface area contributed by atoms with Crippen LogP contribution in [-0.4, -0.2) is 44.0 Å². The molecule has 0 spiro atoms. The van der Waals surface area contributed by atoms with E-state index in [4.69, 9.17) is 14.6 Å². The SMILES string of the molecule is COCCCOc1cccc(NC(=O)NCCC(=O)O)c1. The molecule has 0 bridgehead atoms. The third-order valence-corrected chi connectivity index (χ3v) is 2.48. The van der Waals surface area contributed by atoms with Gasteiger partial charge in [0.05, 0.1) is 13.0 Å². The molecule has 0 aliphatic heterocycles. The van der Waals surface area contributed by atoms with E-state index in [0.717, 1.165) is 6.42 Å². The van der Waals surface area contributed by atoms with Gasteiger partial charge in [0.2, 0.25) is 0 Å². The van der Waals surface area contributed by atoms with Crippen LogP contribution in [-0.2, 0) is 9.53 Å². The van der Waals surface area contributed by atoms with Gasteiger partial charge in [-0.3, -0.25) is 4.79 Å². The normalized spacial score (nSPS) is 9.95. The molecule has 0 aliphatic carbocycles. The van der Waals surface area contributed by atoms with E-state index in [9.17, 15) is 9.59 Å². The molecule has 0 aliphatic rings. The molecule has 116 valence electrons. The Morgan fingerprint density at radius 1 is 1.29 bits per heavy atom. The van der Waals surface area contributed by atoms with Crippen LogP contribution in [0.3, 0.4) is 0 Å². The van der Waals surface area contributed by atoms with Crippen molar-refractivity contribution in [2.45, 2.75) is 12.8 Å². The lowest BCUT2D eigenvalue weighted by molar-refractivity contribution is -0.136. The minimum atomic E-state index is -0.957. The van der Waals surface area contributed by atoms with Crippen molar-refractivity contribution in [3.05, 3.63) is 24.3 Å². The second-order valence-corrected chi connectivity index (χ2v) is 4.25. The van der Waals surface area contributed by atoms with E-state index in [-0.39, 0.29) is 13.0 Å². The number of aliphatic carboxylic acids is 1. The van der Waals surface area contributed by atoms with E-state index in [0.29, 0.717) is 24.7 Å².